The van der Waals surface area contributed by atoms with Crippen LogP contribution in [-0.2, 0) is 9.59 Å². The third-order valence-electron chi connectivity index (χ3n) is 6.15. The lowest BCUT2D eigenvalue weighted by Gasteiger charge is -2.26. The Morgan fingerprint density at radius 1 is 0.912 bits per heavy atom. The summed E-state index contributed by atoms with van der Waals surface area (Å²) in [5.74, 6) is -0.481. The number of fused-ring (bicyclic) bond motifs is 1. The summed E-state index contributed by atoms with van der Waals surface area (Å²) in [5.41, 5.74) is 6.03. The van der Waals surface area contributed by atoms with Crippen LogP contribution in [0.3, 0.4) is 0 Å². The molecule has 34 heavy (non-hydrogen) atoms. The monoisotopic (exact) mass is 457 g/mol. The lowest BCUT2D eigenvalue weighted by molar-refractivity contribution is -0.122. The fraction of sp³-hybridized carbons (Fsp3) is 0.192. The number of carbonyl (C=O) groups is 3. The van der Waals surface area contributed by atoms with Crippen LogP contribution in [0.15, 0.2) is 48.0 Å². The van der Waals surface area contributed by atoms with Crippen LogP contribution in [0, 0.1) is 27.7 Å². The lowest BCUT2D eigenvalue weighted by atomic mass is 10.1. The molecular weight excluding hydrogens is 434 g/mol. The third kappa shape index (κ3) is 3.35. The predicted octanol–water partition coefficient (Wildman–Crippen LogP) is 4.11. The van der Waals surface area contributed by atoms with E-state index >= 15 is 0 Å². The van der Waals surface area contributed by atoms with E-state index in [1.807, 2.05) is 52.0 Å². The molecule has 0 atom stereocenters. The largest absolute Gasteiger partial charge is 0.454 e. The second-order valence-electron chi connectivity index (χ2n) is 8.40. The van der Waals surface area contributed by atoms with Gasteiger partial charge in [0.25, 0.3) is 11.8 Å². The van der Waals surface area contributed by atoms with Crippen LogP contribution in [-0.4, -0.2) is 29.2 Å². The number of barbiturate groups is 1. The molecule has 2 aliphatic rings. The predicted molar refractivity (Wildman–Crippen MR) is 126 cm³/mol. The number of carbonyl (C=O) groups excluding carboxylic acids is 3. The molecule has 0 unspecified atom stereocenters. The summed E-state index contributed by atoms with van der Waals surface area (Å²) in [4.78, 5) is 39.5. The molecule has 4 amide bonds. The van der Waals surface area contributed by atoms with E-state index in [1.54, 1.807) is 18.2 Å². The average molecular weight is 457 g/mol. The summed E-state index contributed by atoms with van der Waals surface area (Å²) in [6.45, 7) is 8.08. The number of urea groups is 1. The summed E-state index contributed by atoms with van der Waals surface area (Å²) in [7, 11) is 0. The van der Waals surface area contributed by atoms with Gasteiger partial charge in [-0.05, 0) is 68.7 Å². The molecule has 3 aromatic rings. The number of hydrogen-bond donors (Lipinski definition) is 1. The van der Waals surface area contributed by atoms with Gasteiger partial charge < -0.3 is 14.0 Å². The zero-order chi connectivity index (χ0) is 24.1. The van der Waals surface area contributed by atoms with Crippen molar-refractivity contribution >= 4 is 29.6 Å². The van der Waals surface area contributed by atoms with E-state index in [4.69, 9.17) is 9.47 Å². The zero-order valence-electron chi connectivity index (χ0n) is 19.3. The average Bonchev–Trinajstić information content (AvgIpc) is 3.35. The van der Waals surface area contributed by atoms with Crippen LogP contribution in [0.4, 0.5) is 10.5 Å². The first kappa shape index (κ1) is 21.5. The first-order valence-electron chi connectivity index (χ1n) is 10.8. The summed E-state index contributed by atoms with van der Waals surface area (Å²) < 4.78 is 12.8. The van der Waals surface area contributed by atoms with Crippen molar-refractivity contribution in [3.63, 3.8) is 0 Å². The number of nitrogens with zero attached hydrogens (tertiary/aromatic N) is 2. The Morgan fingerprint density at radius 3 is 2.35 bits per heavy atom. The van der Waals surface area contributed by atoms with Crippen LogP contribution in [0.5, 0.6) is 11.5 Å². The maximum absolute atomic E-state index is 13.3. The smallest absolute Gasteiger partial charge is 0.335 e. The highest BCUT2D eigenvalue weighted by Crippen LogP contribution is 2.36. The van der Waals surface area contributed by atoms with Gasteiger partial charge in [0, 0.05) is 17.5 Å². The fourth-order valence-corrected chi connectivity index (χ4v) is 4.51. The number of anilines is 1. The molecule has 1 fully saturated rings. The highest BCUT2D eigenvalue weighted by atomic mass is 16.7. The summed E-state index contributed by atoms with van der Waals surface area (Å²) >= 11 is 0. The molecule has 0 radical (unpaired) electrons. The molecule has 2 aromatic carbocycles. The SMILES string of the molecule is Cc1cccc(C)c1-n1c(C)cc(/C=C2\C(=O)NC(=O)N(c3ccc4c(c3)OCO4)C2=O)c1C. The Hall–Kier alpha value is -4.33. The Labute approximate surface area is 196 Å². The van der Waals surface area contributed by atoms with Gasteiger partial charge in [0.15, 0.2) is 11.5 Å². The Bertz CT molecular complexity index is 1400. The Morgan fingerprint density at radius 2 is 1.62 bits per heavy atom. The van der Waals surface area contributed by atoms with Gasteiger partial charge in [0.05, 0.1) is 11.4 Å². The van der Waals surface area contributed by atoms with Gasteiger partial charge in [-0.25, -0.2) is 9.69 Å². The Balaban J connectivity index is 1.57. The summed E-state index contributed by atoms with van der Waals surface area (Å²) in [5, 5.41) is 2.27. The molecule has 0 spiro atoms. The fourth-order valence-electron chi connectivity index (χ4n) is 4.51. The van der Waals surface area contributed by atoms with Gasteiger partial charge >= 0.3 is 6.03 Å². The van der Waals surface area contributed by atoms with Crippen molar-refractivity contribution in [1.82, 2.24) is 9.88 Å². The second-order valence-corrected chi connectivity index (χ2v) is 8.40. The minimum absolute atomic E-state index is 0.0680. The number of aromatic nitrogens is 1. The second kappa shape index (κ2) is 7.91. The highest BCUT2D eigenvalue weighted by Gasteiger charge is 2.37. The van der Waals surface area contributed by atoms with E-state index in [1.165, 1.54) is 6.08 Å². The summed E-state index contributed by atoms with van der Waals surface area (Å²) in [6.07, 6.45) is 1.54. The lowest BCUT2D eigenvalue weighted by Crippen LogP contribution is -2.54. The van der Waals surface area contributed by atoms with Crippen LogP contribution in [0.25, 0.3) is 11.8 Å². The molecule has 5 rings (SSSR count). The maximum Gasteiger partial charge on any atom is 0.335 e. The van der Waals surface area contributed by atoms with Crippen LogP contribution in [0.2, 0.25) is 0 Å². The van der Waals surface area contributed by atoms with E-state index in [2.05, 4.69) is 9.88 Å². The van der Waals surface area contributed by atoms with Gasteiger partial charge in [-0.2, -0.15) is 0 Å². The van der Waals surface area contributed by atoms with Gasteiger partial charge in [0.1, 0.15) is 5.57 Å². The number of ether oxygens (including phenoxy) is 2. The number of aryl methyl sites for hydroxylation is 3. The van der Waals surface area contributed by atoms with Crippen LogP contribution >= 0.6 is 0 Å². The first-order valence-corrected chi connectivity index (χ1v) is 10.8. The number of imide groups is 2. The molecule has 8 heteroatoms. The topological polar surface area (TPSA) is 89.9 Å². The number of nitrogens with one attached hydrogen (secondary N) is 1. The van der Waals surface area contributed by atoms with Gasteiger partial charge in [0.2, 0.25) is 6.79 Å². The van der Waals surface area contributed by atoms with E-state index in [-0.39, 0.29) is 18.1 Å². The normalized spacial score (nSPS) is 16.4. The zero-order valence-corrected chi connectivity index (χ0v) is 19.3. The number of hydrogen-bond acceptors (Lipinski definition) is 5. The van der Waals surface area contributed by atoms with Crippen molar-refractivity contribution in [3.05, 3.63) is 76.1 Å². The molecule has 0 bridgehead atoms. The van der Waals surface area contributed by atoms with Crippen molar-refractivity contribution in [2.24, 2.45) is 0 Å². The minimum Gasteiger partial charge on any atom is -0.454 e. The minimum atomic E-state index is -0.813. The molecule has 172 valence electrons. The Kier molecular flexibility index (Phi) is 5.01. The third-order valence-corrected chi connectivity index (χ3v) is 6.15. The standard InChI is InChI=1S/C26H23N3O5/c1-14-6-5-7-15(2)23(14)28-16(3)10-18(17(28)4)11-20-24(30)27-26(32)29(25(20)31)19-8-9-21-22(12-19)34-13-33-21/h5-12H,13H2,1-4H3,(H,27,30,32)/b20-11+. The van der Waals surface area contributed by atoms with Crippen LogP contribution in [0.1, 0.15) is 28.1 Å². The first-order chi connectivity index (χ1) is 16.3. The van der Waals surface area contributed by atoms with Gasteiger partial charge in [-0.1, -0.05) is 18.2 Å². The number of rotatable bonds is 3. The van der Waals surface area contributed by atoms with Crippen molar-refractivity contribution < 1.29 is 23.9 Å². The highest BCUT2D eigenvalue weighted by molar-refractivity contribution is 6.39. The molecule has 0 aliphatic carbocycles. The molecule has 1 aromatic heterocycles. The van der Waals surface area contributed by atoms with Crippen molar-refractivity contribution in [2.45, 2.75) is 27.7 Å². The van der Waals surface area contributed by atoms with Crippen molar-refractivity contribution in [3.8, 4) is 17.2 Å². The molecule has 0 saturated carbocycles. The quantitative estimate of drug-likeness (QED) is 0.472. The van der Waals surface area contributed by atoms with E-state index in [0.717, 1.165) is 38.7 Å². The molecule has 3 heterocycles. The maximum atomic E-state index is 13.3. The number of amides is 4. The number of benzene rings is 2. The van der Waals surface area contributed by atoms with E-state index in [0.29, 0.717) is 11.5 Å². The molecule has 2 aliphatic heterocycles. The van der Waals surface area contributed by atoms with Gasteiger partial charge in [-0.3, -0.25) is 14.9 Å². The molecule has 1 saturated heterocycles. The van der Waals surface area contributed by atoms with E-state index < -0.39 is 17.8 Å². The van der Waals surface area contributed by atoms with Crippen molar-refractivity contribution in [2.75, 3.05) is 11.7 Å². The summed E-state index contributed by atoms with van der Waals surface area (Å²) in [6, 6.07) is 12.0. The van der Waals surface area contributed by atoms with Crippen LogP contribution < -0.4 is 19.7 Å². The molecule has 8 nitrogen and oxygen atoms in total. The molecular formula is C26H23N3O5. The van der Waals surface area contributed by atoms with E-state index in [9.17, 15) is 14.4 Å². The van der Waals surface area contributed by atoms with Crippen molar-refractivity contribution in [1.29, 1.82) is 0 Å². The number of para-hydroxylation sites is 1. The van der Waals surface area contributed by atoms with Gasteiger partial charge in [-0.15, -0.1) is 0 Å². The molecule has 1 N–H and O–H groups in total.